The number of anilines is 1. The van der Waals surface area contributed by atoms with Gasteiger partial charge in [0.2, 0.25) is 0 Å². The largest absolute Gasteiger partial charge is 0.322 e. The van der Waals surface area contributed by atoms with E-state index in [0.29, 0.717) is 5.56 Å². The highest BCUT2D eigenvalue weighted by molar-refractivity contribution is 6.12. The second-order valence-electron chi connectivity index (χ2n) is 6.63. The minimum absolute atomic E-state index is 0.0375. The molecule has 0 saturated heterocycles. The first-order valence-electron chi connectivity index (χ1n) is 7.71. The molecular formula is C20H20N2O. The normalized spacial score (nSPS) is 11.4. The monoisotopic (exact) mass is 304 g/mol. The Labute approximate surface area is 136 Å². The van der Waals surface area contributed by atoms with E-state index >= 15 is 0 Å². The highest BCUT2D eigenvalue weighted by Crippen LogP contribution is 2.30. The van der Waals surface area contributed by atoms with Gasteiger partial charge in [-0.15, -0.1) is 0 Å². The van der Waals surface area contributed by atoms with Gasteiger partial charge in [0.05, 0.1) is 5.52 Å². The Morgan fingerprint density at radius 3 is 2.52 bits per heavy atom. The quantitative estimate of drug-likeness (QED) is 0.740. The molecule has 0 aliphatic rings. The SMILES string of the molecule is CC(C)(C)c1ccccc1NC(=O)c1cccc2ncccc12. The van der Waals surface area contributed by atoms with Crippen LogP contribution in [0, 0.1) is 0 Å². The standard InChI is InChI=1S/C20H20N2O/c1-20(2,3)16-10-4-5-11-18(16)22-19(23)15-8-6-12-17-14(15)9-7-13-21-17/h4-13H,1-3H3,(H,22,23). The molecule has 116 valence electrons. The molecule has 0 bridgehead atoms. The molecule has 1 aromatic heterocycles. The number of carbonyl (C=O) groups excluding carboxylic acids is 1. The summed E-state index contributed by atoms with van der Waals surface area (Å²) in [4.78, 5) is 17.1. The maximum Gasteiger partial charge on any atom is 0.256 e. The summed E-state index contributed by atoms with van der Waals surface area (Å²) in [6.45, 7) is 6.42. The van der Waals surface area contributed by atoms with E-state index < -0.39 is 0 Å². The highest BCUT2D eigenvalue weighted by Gasteiger charge is 2.19. The van der Waals surface area contributed by atoms with Gasteiger partial charge in [0.1, 0.15) is 0 Å². The van der Waals surface area contributed by atoms with Crippen LogP contribution in [0.4, 0.5) is 5.69 Å². The van der Waals surface area contributed by atoms with E-state index in [1.165, 1.54) is 0 Å². The molecule has 23 heavy (non-hydrogen) atoms. The topological polar surface area (TPSA) is 42.0 Å². The average Bonchev–Trinajstić information content (AvgIpc) is 2.54. The minimum Gasteiger partial charge on any atom is -0.322 e. The Bertz CT molecular complexity index is 857. The first-order chi connectivity index (χ1) is 11.0. The van der Waals surface area contributed by atoms with Gasteiger partial charge in [-0.05, 0) is 35.2 Å². The lowest BCUT2D eigenvalue weighted by atomic mass is 9.86. The Morgan fingerprint density at radius 1 is 0.957 bits per heavy atom. The Kier molecular flexibility index (Phi) is 3.87. The van der Waals surface area contributed by atoms with Gasteiger partial charge in [0, 0.05) is 22.8 Å². The number of pyridine rings is 1. The van der Waals surface area contributed by atoms with E-state index in [9.17, 15) is 4.79 Å². The number of amides is 1. The van der Waals surface area contributed by atoms with Crippen molar-refractivity contribution in [3.05, 3.63) is 71.9 Å². The average molecular weight is 304 g/mol. The molecule has 1 N–H and O–H groups in total. The summed E-state index contributed by atoms with van der Waals surface area (Å²) >= 11 is 0. The van der Waals surface area contributed by atoms with Crippen molar-refractivity contribution in [3.63, 3.8) is 0 Å². The number of para-hydroxylation sites is 1. The van der Waals surface area contributed by atoms with E-state index in [2.05, 4.69) is 37.1 Å². The van der Waals surface area contributed by atoms with Crippen LogP contribution in [0.1, 0.15) is 36.7 Å². The Morgan fingerprint density at radius 2 is 1.74 bits per heavy atom. The van der Waals surface area contributed by atoms with Crippen molar-refractivity contribution in [3.8, 4) is 0 Å². The van der Waals surface area contributed by atoms with Gasteiger partial charge in [-0.1, -0.05) is 51.1 Å². The van der Waals surface area contributed by atoms with Gasteiger partial charge >= 0.3 is 0 Å². The highest BCUT2D eigenvalue weighted by atomic mass is 16.1. The molecule has 0 aliphatic carbocycles. The molecule has 3 aromatic rings. The molecule has 0 atom stereocenters. The summed E-state index contributed by atoms with van der Waals surface area (Å²) < 4.78 is 0. The van der Waals surface area contributed by atoms with E-state index in [-0.39, 0.29) is 11.3 Å². The molecule has 0 saturated carbocycles. The number of benzene rings is 2. The number of nitrogens with one attached hydrogen (secondary N) is 1. The van der Waals surface area contributed by atoms with Crippen LogP contribution >= 0.6 is 0 Å². The van der Waals surface area contributed by atoms with Crippen LogP contribution in [0.5, 0.6) is 0 Å². The summed E-state index contributed by atoms with van der Waals surface area (Å²) in [5.74, 6) is -0.111. The fraction of sp³-hybridized carbons (Fsp3) is 0.200. The number of aromatic nitrogens is 1. The van der Waals surface area contributed by atoms with Crippen molar-refractivity contribution < 1.29 is 4.79 Å². The molecule has 1 amide bonds. The summed E-state index contributed by atoms with van der Waals surface area (Å²) in [7, 11) is 0. The van der Waals surface area contributed by atoms with Gasteiger partial charge in [0.15, 0.2) is 0 Å². The van der Waals surface area contributed by atoms with Crippen molar-refractivity contribution in [1.29, 1.82) is 0 Å². The smallest absolute Gasteiger partial charge is 0.256 e. The zero-order chi connectivity index (χ0) is 16.4. The molecule has 0 radical (unpaired) electrons. The molecule has 0 spiro atoms. The molecule has 0 fully saturated rings. The number of hydrogen-bond acceptors (Lipinski definition) is 2. The molecule has 1 heterocycles. The maximum atomic E-state index is 12.8. The third-order valence-electron chi connectivity index (χ3n) is 3.87. The van der Waals surface area contributed by atoms with E-state index in [4.69, 9.17) is 0 Å². The molecule has 0 unspecified atom stereocenters. The van der Waals surface area contributed by atoms with E-state index in [1.54, 1.807) is 6.20 Å². The minimum atomic E-state index is -0.111. The first-order valence-corrected chi connectivity index (χ1v) is 7.71. The zero-order valence-corrected chi connectivity index (χ0v) is 13.6. The zero-order valence-electron chi connectivity index (χ0n) is 13.6. The third-order valence-corrected chi connectivity index (χ3v) is 3.87. The van der Waals surface area contributed by atoms with Gasteiger partial charge < -0.3 is 5.32 Å². The Balaban J connectivity index is 2.00. The van der Waals surface area contributed by atoms with Crippen molar-refractivity contribution in [2.45, 2.75) is 26.2 Å². The number of fused-ring (bicyclic) bond motifs is 1. The third kappa shape index (κ3) is 3.09. The predicted molar refractivity (Wildman–Crippen MR) is 94.8 cm³/mol. The number of carbonyl (C=O) groups is 1. The molecule has 2 aromatic carbocycles. The molecular weight excluding hydrogens is 284 g/mol. The van der Waals surface area contributed by atoms with Crippen LogP contribution in [0.15, 0.2) is 60.8 Å². The lowest BCUT2D eigenvalue weighted by Crippen LogP contribution is -2.18. The molecule has 3 heteroatoms. The van der Waals surface area contributed by atoms with Gasteiger partial charge in [-0.3, -0.25) is 9.78 Å². The van der Waals surface area contributed by atoms with Crippen molar-refractivity contribution in [2.24, 2.45) is 0 Å². The Hall–Kier alpha value is -2.68. The number of hydrogen-bond donors (Lipinski definition) is 1. The van der Waals surface area contributed by atoms with E-state index in [0.717, 1.165) is 22.2 Å². The van der Waals surface area contributed by atoms with Crippen molar-refractivity contribution in [2.75, 3.05) is 5.32 Å². The number of rotatable bonds is 2. The second kappa shape index (κ2) is 5.84. The second-order valence-corrected chi connectivity index (χ2v) is 6.63. The summed E-state index contributed by atoms with van der Waals surface area (Å²) in [5.41, 5.74) is 3.39. The van der Waals surface area contributed by atoms with Gasteiger partial charge in [-0.25, -0.2) is 0 Å². The van der Waals surface area contributed by atoms with Crippen molar-refractivity contribution >= 4 is 22.5 Å². The predicted octanol–water partition coefficient (Wildman–Crippen LogP) is 4.78. The van der Waals surface area contributed by atoms with Gasteiger partial charge in [0.25, 0.3) is 5.91 Å². The summed E-state index contributed by atoms with van der Waals surface area (Å²) in [5, 5.41) is 3.92. The van der Waals surface area contributed by atoms with Crippen LogP contribution in [0.25, 0.3) is 10.9 Å². The first kappa shape index (κ1) is 15.2. The fourth-order valence-corrected chi connectivity index (χ4v) is 2.74. The molecule has 0 aliphatic heterocycles. The van der Waals surface area contributed by atoms with Crippen LogP contribution < -0.4 is 5.32 Å². The lowest BCUT2D eigenvalue weighted by molar-refractivity contribution is 0.102. The van der Waals surface area contributed by atoms with Crippen molar-refractivity contribution in [1.82, 2.24) is 4.98 Å². The lowest BCUT2D eigenvalue weighted by Gasteiger charge is -2.23. The maximum absolute atomic E-state index is 12.8. The molecule has 3 rings (SSSR count). The van der Waals surface area contributed by atoms with Crippen LogP contribution in [0.3, 0.4) is 0 Å². The van der Waals surface area contributed by atoms with Crippen LogP contribution in [-0.4, -0.2) is 10.9 Å². The summed E-state index contributed by atoms with van der Waals surface area (Å²) in [6.07, 6.45) is 1.74. The fourth-order valence-electron chi connectivity index (χ4n) is 2.74. The van der Waals surface area contributed by atoms with Crippen LogP contribution in [-0.2, 0) is 5.41 Å². The van der Waals surface area contributed by atoms with Crippen LogP contribution in [0.2, 0.25) is 0 Å². The van der Waals surface area contributed by atoms with Gasteiger partial charge in [-0.2, -0.15) is 0 Å². The van der Waals surface area contributed by atoms with E-state index in [1.807, 2.05) is 48.5 Å². The summed E-state index contributed by atoms with van der Waals surface area (Å²) in [6, 6.07) is 17.3. The number of nitrogens with zero attached hydrogens (tertiary/aromatic N) is 1. The molecule has 3 nitrogen and oxygen atoms in total.